The van der Waals surface area contributed by atoms with Gasteiger partial charge in [0.2, 0.25) is 0 Å². The first-order chi connectivity index (χ1) is 13.5. The average molecular weight is 447 g/mol. The number of nitrogens with one attached hydrogen (secondary N) is 1. The van der Waals surface area contributed by atoms with Crippen LogP contribution in [0.25, 0.3) is 22.0 Å². The van der Waals surface area contributed by atoms with Crippen molar-refractivity contribution in [3.63, 3.8) is 0 Å². The van der Waals surface area contributed by atoms with E-state index in [2.05, 4.69) is 20.3 Å². The van der Waals surface area contributed by atoms with E-state index in [0.717, 1.165) is 11.3 Å². The van der Waals surface area contributed by atoms with Crippen molar-refractivity contribution in [1.82, 2.24) is 15.0 Å². The molecule has 0 fully saturated rings. The van der Waals surface area contributed by atoms with Gasteiger partial charge in [0.25, 0.3) is 5.91 Å². The average Bonchev–Trinajstić information content (AvgIpc) is 3.31. The maximum Gasteiger partial charge on any atom is 0.269 e. The molecule has 3 heterocycles. The first kappa shape index (κ1) is 19.0. The van der Waals surface area contributed by atoms with Crippen molar-refractivity contribution in [2.75, 3.05) is 5.32 Å². The Kier molecular flexibility index (Phi) is 5.41. The van der Waals surface area contributed by atoms with Crippen molar-refractivity contribution in [2.45, 2.75) is 6.92 Å². The molecular formula is C19H12Cl2N4OS2. The van der Waals surface area contributed by atoms with Gasteiger partial charge in [-0.15, -0.1) is 22.7 Å². The fraction of sp³-hybridized carbons (Fsp3) is 0.0526. The van der Waals surface area contributed by atoms with Gasteiger partial charge in [-0.25, -0.2) is 9.97 Å². The second-order valence-corrected chi connectivity index (χ2v) is 8.47. The molecule has 9 heteroatoms. The molecule has 0 bridgehead atoms. The molecule has 0 aliphatic carbocycles. The summed E-state index contributed by atoms with van der Waals surface area (Å²) in [5.41, 5.74) is 2.76. The van der Waals surface area contributed by atoms with Gasteiger partial charge >= 0.3 is 0 Å². The van der Waals surface area contributed by atoms with Crippen molar-refractivity contribution in [3.8, 4) is 22.0 Å². The van der Waals surface area contributed by atoms with E-state index >= 15 is 0 Å². The molecule has 0 unspecified atom stereocenters. The molecular weight excluding hydrogens is 435 g/mol. The van der Waals surface area contributed by atoms with Gasteiger partial charge in [-0.3, -0.25) is 15.1 Å². The monoisotopic (exact) mass is 446 g/mol. The summed E-state index contributed by atoms with van der Waals surface area (Å²) in [4.78, 5) is 26.4. The third kappa shape index (κ3) is 3.93. The van der Waals surface area contributed by atoms with Crippen LogP contribution in [-0.2, 0) is 0 Å². The van der Waals surface area contributed by atoms with E-state index < -0.39 is 0 Å². The van der Waals surface area contributed by atoms with Crippen molar-refractivity contribution < 1.29 is 4.79 Å². The summed E-state index contributed by atoms with van der Waals surface area (Å²) >= 11 is 14.9. The highest BCUT2D eigenvalue weighted by Crippen LogP contribution is 2.33. The lowest BCUT2D eigenvalue weighted by Gasteiger charge is -2.02. The van der Waals surface area contributed by atoms with Crippen LogP contribution in [0.2, 0.25) is 10.0 Å². The topological polar surface area (TPSA) is 67.8 Å². The predicted octanol–water partition coefficient (Wildman–Crippen LogP) is 6.20. The van der Waals surface area contributed by atoms with E-state index in [0.29, 0.717) is 36.4 Å². The molecule has 140 valence electrons. The van der Waals surface area contributed by atoms with Crippen LogP contribution in [0.5, 0.6) is 0 Å². The SMILES string of the molecule is Cc1nc(-c2ccccn2)sc1C(=O)Nc1nc(-c2cc(Cl)ccc2Cl)cs1. The van der Waals surface area contributed by atoms with E-state index in [1.165, 1.54) is 22.7 Å². The van der Waals surface area contributed by atoms with Gasteiger partial charge in [0, 0.05) is 22.2 Å². The van der Waals surface area contributed by atoms with Crippen LogP contribution in [-0.4, -0.2) is 20.9 Å². The van der Waals surface area contributed by atoms with Gasteiger partial charge in [-0.2, -0.15) is 0 Å². The Hall–Kier alpha value is -2.32. The zero-order chi connectivity index (χ0) is 19.7. The molecule has 1 N–H and O–H groups in total. The Labute approximate surface area is 179 Å². The van der Waals surface area contributed by atoms with Crippen LogP contribution < -0.4 is 5.32 Å². The molecule has 0 spiro atoms. The third-order valence-electron chi connectivity index (χ3n) is 3.82. The molecule has 3 aromatic heterocycles. The summed E-state index contributed by atoms with van der Waals surface area (Å²) in [6, 6.07) is 10.8. The van der Waals surface area contributed by atoms with E-state index in [9.17, 15) is 4.79 Å². The lowest BCUT2D eigenvalue weighted by Crippen LogP contribution is -2.11. The molecule has 0 aliphatic heterocycles. The maximum atomic E-state index is 12.7. The predicted molar refractivity (Wildman–Crippen MR) is 116 cm³/mol. The Bertz CT molecular complexity index is 1160. The highest BCUT2D eigenvalue weighted by molar-refractivity contribution is 7.17. The highest BCUT2D eigenvalue weighted by atomic mass is 35.5. The quantitative estimate of drug-likeness (QED) is 0.405. The summed E-state index contributed by atoms with van der Waals surface area (Å²) in [6.45, 7) is 1.80. The Morgan fingerprint density at radius 3 is 2.75 bits per heavy atom. The van der Waals surface area contributed by atoms with E-state index in [-0.39, 0.29) is 5.91 Å². The lowest BCUT2D eigenvalue weighted by molar-refractivity contribution is 0.103. The second-order valence-electron chi connectivity index (χ2n) is 5.76. The number of anilines is 1. The number of rotatable bonds is 4. The van der Waals surface area contributed by atoms with Crippen LogP contribution in [0, 0.1) is 6.92 Å². The number of amides is 1. The van der Waals surface area contributed by atoms with Gasteiger partial charge in [-0.05, 0) is 37.3 Å². The number of carbonyl (C=O) groups excluding carboxylic acids is 1. The third-order valence-corrected chi connectivity index (χ3v) is 6.32. The number of benzene rings is 1. The number of aryl methyl sites for hydroxylation is 1. The zero-order valence-corrected chi connectivity index (χ0v) is 17.6. The summed E-state index contributed by atoms with van der Waals surface area (Å²) in [5, 5.41) is 6.95. The molecule has 4 aromatic rings. The number of hydrogen-bond donors (Lipinski definition) is 1. The first-order valence-corrected chi connectivity index (χ1v) is 10.6. The molecule has 1 aromatic carbocycles. The lowest BCUT2D eigenvalue weighted by atomic mass is 10.2. The molecule has 5 nitrogen and oxygen atoms in total. The molecule has 28 heavy (non-hydrogen) atoms. The Morgan fingerprint density at radius 1 is 1.11 bits per heavy atom. The summed E-state index contributed by atoms with van der Waals surface area (Å²) in [6.07, 6.45) is 1.70. The Balaban J connectivity index is 1.56. The Morgan fingerprint density at radius 2 is 1.96 bits per heavy atom. The molecule has 0 atom stereocenters. The smallest absolute Gasteiger partial charge is 0.269 e. The molecule has 0 aliphatic rings. The normalized spacial score (nSPS) is 10.8. The van der Waals surface area contributed by atoms with Crippen molar-refractivity contribution in [3.05, 3.63) is 68.6 Å². The first-order valence-electron chi connectivity index (χ1n) is 8.12. The maximum absolute atomic E-state index is 12.7. The fourth-order valence-corrected chi connectivity index (χ4v) is 4.54. The minimum atomic E-state index is -0.254. The van der Waals surface area contributed by atoms with E-state index in [1.54, 1.807) is 31.3 Å². The number of hydrogen-bond acceptors (Lipinski definition) is 6. The zero-order valence-electron chi connectivity index (χ0n) is 14.4. The van der Waals surface area contributed by atoms with Gasteiger partial charge in [0.05, 0.1) is 22.1 Å². The van der Waals surface area contributed by atoms with Crippen molar-refractivity contribution in [2.24, 2.45) is 0 Å². The van der Waals surface area contributed by atoms with Crippen LogP contribution in [0.1, 0.15) is 15.4 Å². The van der Waals surface area contributed by atoms with E-state index in [4.69, 9.17) is 23.2 Å². The number of carbonyl (C=O) groups is 1. The highest BCUT2D eigenvalue weighted by Gasteiger charge is 2.18. The standard InChI is InChI=1S/C19H12Cl2N4OS2/c1-10-16(28-18(23-10)14-4-2-3-7-22-14)17(26)25-19-24-15(9-27-19)12-8-11(20)5-6-13(12)21/h2-9H,1H3,(H,24,25,26). The molecule has 4 rings (SSSR count). The molecule has 1 amide bonds. The number of halogens is 2. The summed E-state index contributed by atoms with van der Waals surface area (Å²) in [7, 11) is 0. The molecule has 0 saturated heterocycles. The largest absolute Gasteiger partial charge is 0.297 e. The summed E-state index contributed by atoms with van der Waals surface area (Å²) in [5.74, 6) is -0.254. The van der Waals surface area contributed by atoms with Crippen LogP contribution in [0.3, 0.4) is 0 Å². The van der Waals surface area contributed by atoms with Gasteiger partial charge in [0.1, 0.15) is 9.88 Å². The van der Waals surface area contributed by atoms with Gasteiger partial charge in [-0.1, -0.05) is 29.3 Å². The van der Waals surface area contributed by atoms with Gasteiger partial charge in [0.15, 0.2) is 5.13 Å². The second kappa shape index (κ2) is 7.97. The fourth-order valence-electron chi connectivity index (χ4n) is 2.51. The minimum Gasteiger partial charge on any atom is -0.297 e. The number of pyridine rings is 1. The number of aromatic nitrogens is 3. The minimum absolute atomic E-state index is 0.254. The summed E-state index contributed by atoms with van der Waals surface area (Å²) < 4.78 is 0. The molecule has 0 saturated carbocycles. The van der Waals surface area contributed by atoms with E-state index in [1.807, 2.05) is 23.6 Å². The van der Waals surface area contributed by atoms with Gasteiger partial charge < -0.3 is 0 Å². The van der Waals surface area contributed by atoms with Crippen molar-refractivity contribution >= 4 is 56.9 Å². The van der Waals surface area contributed by atoms with Crippen molar-refractivity contribution in [1.29, 1.82) is 0 Å². The van der Waals surface area contributed by atoms with Crippen LogP contribution >= 0.6 is 45.9 Å². The number of nitrogens with zero attached hydrogens (tertiary/aromatic N) is 3. The van der Waals surface area contributed by atoms with Crippen LogP contribution in [0.4, 0.5) is 5.13 Å². The molecule has 0 radical (unpaired) electrons. The van der Waals surface area contributed by atoms with Crippen LogP contribution in [0.15, 0.2) is 48.0 Å². The number of thiazole rings is 2.